The second-order valence-electron chi connectivity index (χ2n) is 7.24. The molecule has 4 nitrogen and oxygen atoms in total. The lowest BCUT2D eigenvalue weighted by molar-refractivity contribution is -0.107. The van der Waals surface area contributed by atoms with Gasteiger partial charge in [-0.05, 0) is 31.2 Å². The number of fused-ring (bicyclic) bond motifs is 1. The molecule has 1 N–H and O–H groups in total. The van der Waals surface area contributed by atoms with Crippen molar-refractivity contribution in [1.29, 1.82) is 0 Å². The Balaban J connectivity index is 1.61. The molecule has 1 saturated carbocycles. The van der Waals surface area contributed by atoms with Crippen LogP contribution in [0.4, 0.5) is 0 Å². The molecule has 0 radical (unpaired) electrons. The van der Waals surface area contributed by atoms with Crippen LogP contribution >= 0.6 is 11.3 Å². The molecule has 128 valence electrons. The van der Waals surface area contributed by atoms with Crippen molar-refractivity contribution in [1.82, 2.24) is 10.2 Å². The van der Waals surface area contributed by atoms with Crippen LogP contribution in [0.25, 0.3) is 0 Å². The SMILES string of the molecule is CCN=C(NC1C2CCOC2C1(C)C)N(C)CCc1cccs1. The molecule has 3 atom stereocenters. The van der Waals surface area contributed by atoms with Gasteiger partial charge in [0.1, 0.15) is 0 Å². The molecule has 23 heavy (non-hydrogen) atoms. The average molecular weight is 336 g/mol. The number of rotatable bonds is 5. The monoisotopic (exact) mass is 335 g/mol. The number of nitrogens with zero attached hydrogens (tertiary/aromatic N) is 2. The van der Waals surface area contributed by atoms with Crippen LogP contribution in [0.5, 0.6) is 0 Å². The number of guanidine groups is 1. The standard InChI is InChI=1S/C18H29N3OS/c1-5-19-17(21(4)10-8-13-7-6-12-23-13)20-15-14-9-11-22-16(14)18(15,2)3/h6-7,12,14-16H,5,8-11H2,1-4H3,(H,19,20). The van der Waals surface area contributed by atoms with E-state index in [1.54, 1.807) is 0 Å². The van der Waals surface area contributed by atoms with Gasteiger partial charge in [-0.2, -0.15) is 0 Å². The highest BCUT2D eigenvalue weighted by Crippen LogP contribution is 2.52. The molecular formula is C18H29N3OS. The molecule has 5 heteroatoms. The summed E-state index contributed by atoms with van der Waals surface area (Å²) in [6.07, 6.45) is 2.66. The van der Waals surface area contributed by atoms with Crippen LogP contribution < -0.4 is 5.32 Å². The maximum Gasteiger partial charge on any atom is 0.193 e. The van der Waals surface area contributed by atoms with Gasteiger partial charge in [0.05, 0.1) is 6.10 Å². The largest absolute Gasteiger partial charge is 0.377 e. The predicted octanol–water partition coefficient (Wildman–Crippen LogP) is 3.00. The van der Waals surface area contributed by atoms with E-state index in [0.717, 1.165) is 32.1 Å². The van der Waals surface area contributed by atoms with Crippen molar-refractivity contribution in [3.63, 3.8) is 0 Å². The first-order valence-electron chi connectivity index (χ1n) is 8.70. The molecule has 3 unspecified atom stereocenters. The van der Waals surface area contributed by atoms with Crippen LogP contribution in [-0.4, -0.2) is 49.7 Å². The first-order valence-corrected chi connectivity index (χ1v) is 9.58. The fourth-order valence-electron chi connectivity index (χ4n) is 4.02. The minimum atomic E-state index is 0.185. The van der Waals surface area contributed by atoms with E-state index in [2.05, 4.69) is 55.5 Å². The maximum absolute atomic E-state index is 5.90. The van der Waals surface area contributed by atoms with E-state index in [1.165, 1.54) is 11.3 Å². The summed E-state index contributed by atoms with van der Waals surface area (Å²) in [5, 5.41) is 5.89. The average Bonchev–Trinajstić information content (AvgIpc) is 3.18. The first kappa shape index (κ1) is 16.8. The van der Waals surface area contributed by atoms with Gasteiger partial charge in [-0.3, -0.25) is 4.99 Å². The molecule has 1 aliphatic carbocycles. The minimum Gasteiger partial charge on any atom is -0.377 e. The molecule has 0 spiro atoms. The summed E-state index contributed by atoms with van der Waals surface area (Å²) in [6, 6.07) is 4.79. The van der Waals surface area contributed by atoms with E-state index in [9.17, 15) is 0 Å². The van der Waals surface area contributed by atoms with Crippen molar-refractivity contribution >= 4 is 17.3 Å². The normalized spacial score (nSPS) is 29.0. The van der Waals surface area contributed by atoms with Gasteiger partial charge in [-0.25, -0.2) is 0 Å². The summed E-state index contributed by atoms with van der Waals surface area (Å²) < 4.78 is 5.90. The number of likely N-dealkylation sites (N-methyl/N-ethyl adjacent to an activating group) is 1. The van der Waals surface area contributed by atoms with Crippen molar-refractivity contribution in [3.05, 3.63) is 22.4 Å². The van der Waals surface area contributed by atoms with Crippen LogP contribution in [0.1, 0.15) is 32.1 Å². The van der Waals surface area contributed by atoms with E-state index in [1.807, 2.05) is 11.3 Å². The molecule has 1 saturated heterocycles. The number of nitrogens with one attached hydrogen (secondary N) is 1. The fourth-order valence-corrected chi connectivity index (χ4v) is 4.72. The van der Waals surface area contributed by atoms with E-state index >= 15 is 0 Å². The van der Waals surface area contributed by atoms with E-state index in [4.69, 9.17) is 9.73 Å². The molecule has 0 aromatic carbocycles. The highest BCUT2D eigenvalue weighted by molar-refractivity contribution is 7.09. The number of hydrogen-bond acceptors (Lipinski definition) is 3. The number of thiophene rings is 1. The van der Waals surface area contributed by atoms with Crippen LogP contribution in [0, 0.1) is 11.3 Å². The third kappa shape index (κ3) is 3.26. The third-order valence-corrected chi connectivity index (χ3v) is 6.26. The van der Waals surface area contributed by atoms with Crippen molar-refractivity contribution in [2.24, 2.45) is 16.3 Å². The van der Waals surface area contributed by atoms with Gasteiger partial charge in [0.2, 0.25) is 0 Å². The molecule has 2 fully saturated rings. The number of aliphatic imine (C=N–C) groups is 1. The van der Waals surface area contributed by atoms with Gasteiger partial charge in [-0.1, -0.05) is 19.9 Å². The van der Waals surface area contributed by atoms with E-state index in [-0.39, 0.29) is 5.41 Å². The summed E-state index contributed by atoms with van der Waals surface area (Å²) >= 11 is 1.83. The van der Waals surface area contributed by atoms with Gasteiger partial charge < -0.3 is 15.0 Å². The molecule has 1 aliphatic heterocycles. The van der Waals surface area contributed by atoms with Gasteiger partial charge in [0.15, 0.2) is 5.96 Å². The smallest absolute Gasteiger partial charge is 0.193 e. The Morgan fingerprint density at radius 3 is 3.04 bits per heavy atom. The van der Waals surface area contributed by atoms with Crippen LogP contribution in [0.3, 0.4) is 0 Å². The number of ether oxygens (including phenoxy) is 1. The third-order valence-electron chi connectivity index (χ3n) is 5.33. The highest BCUT2D eigenvalue weighted by Gasteiger charge is 2.59. The first-order chi connectivity index (χ1) is 11.0. The zero-order chi connectivity index (χ0) is 16.4. The Bertz CT molecular complexity index is 540. The van der Waals surface area contributed by atoms with Gasteiger partial charge >= 0.3 is 0 Å². The Hall–Kier alpha value is -1.07. The van der Waals surface area contributed by atoms with Gasteiger partial charge in [0, 0.05) is 49.0 Å². The van der Waals surface area contributed by atoms with Crippen molar-refractivity contribution in [3.8, 4) is 0 Å². The lowest BCUT2D eigenvalue weighted by atomic mass is 9.57. The quantitative estimate of drug-likeness (QED) is 0.664. The number of hydrogen-bond donors (Lipinski definition) is 1. The van der Waals surface area contributed by atoms with E-state index in [0.29, 0.717) is 18.1 Å². The predicted molar refractivity (Wildman–Crippen MR) is 97.2 cm³/mol. The Morgan fingerprint density at radius 2 is 2.35 bits per heavy atom. The molecule has 0 amide bonds. The summed E-state index contributed by atoms with van der Waals surface area (Å²) in [7, 11) is 2.14. The summed E-state index contributed by atoms with van der Waals surface area (Å²) in [5.74, 6) is 1.67. The molecular weight excluding hydrogens is 306 g/mol. The summed E-state index contributed by atoms with van der Waals surface area (Å²) in [4.78, 5) is 8.42. The molecule has 3 rings (SSSR count). The molecule has 1 aromatic rings. The highest BCUT2D eigenvalue weighted by atomic mass is 32.1. The Labute approximate surface area is 143 Å². The van der Waals surface area contributed by atoms with Crippen LogP contribution in [0.2, 0.25) is 0 Å². The molecule has 2 heterocycles. The molecule has 0 bridgehead atoms. The lowest BCUT2D eigenvalue weighted by Crippen LogP contribution is -2.68. The Kier molecular flexibility index (Phi) is 4.97. The summed E-state index contributed by atoms with van der Waals surface area (Å²) in [6.45, 7) is 9.43. The van der Waals surface area contributed by atoms with E-state index < -0.39 is 0 Å². The van der Waals surface area contributed by atoms with Crippen molar-refractivity contribution in [2.45, 2.75) is 45.8 Å². The van der Waals surface area contributed by atoms with Gasteiger partial charge in [-0.15, -0.1) is 11.3 Å². The minimum absolute atomic E-state index is 0.185. The fraction of sp³-hybridized carbons (Fsp3) is 0.722. The van der Waals surface area contributed by atoms with Crippen molar-refractivity contribution in [2.75, 3.05) is 26.7 Å². The topological polar surface area (TPSA) is 36.9 Å². The molecule has 1 aromatic heterocycles. The second kappa shape index (κ2) is 6.81. The Morgan fingerprint density at radius 1 is 1.52 bits per heavy atom. The zero-order valence-corrected chi connectivity index (χ0v) is 15.5. The second-order valence-corrected chi connectivity index (χ2v) is 8.27. The summed E-state index contributed by atoms with van der Waals surface area (Å²) in [5.41, 5.74) is 0.185. The molecule has 2 aliphatic rings. The van der Waals surface area contributed by atoms with Crippen molar-refractivity contribution < 1.29 is 4.74 Å². The zero-order valence-electron chi connectivity index (χ0n) is 14.7. The van der Waals surface area contributed by atoms with Crippen LogP contribution in [0.15, 0.2) is 22.5 Å². The van der Waals surface area contributed by atoms with Crippen LogP contribution in [-0.2, 0) is 11.2 Å². The van der Waals surface area contributed by atoms with Gasteiger partial charge in [0.25, 0.3) is 0 Å². The maximum atomic E-state index is 5.90. The lowest BCUT2D eigenvalue weighted by Gasteiger charge is -2.55.